The Hall–Kier alpha value is -2.01. The van der Waals surface area contributed by atoms with Crippen LogP contribution >= 0.6 is 11.3 Å². The zero-order valence-electron chi connectivity index (χ0n) is 10.6. The van der Waals surface area contributed by atoms with Gasteiger partial charge in [0.2, 0.25) is 0 Å². The monoisotopic (exact) mass is 277 g/mol. The van der Waals surface area contributed by atoms with Gasteiger partial charge in [0.05, 0.1) is 6.61 Å². The summed E-state index contributed by atoms with van der Waals surface area (Å²) in [6, 6.07) is 9.44. The van der Waals surface area contributed by atoms with Gasteiger partial charge in [-0.25, -0.2) is 4.79 Å². The predicted molar refractivity (Wildman–Crippen MR) is 76.2 cm³/mol. The lowest BCUT2D eigenvalue weighted by molar-refractivity contribution is 0.0701. The summed E-state index contributed by atoms with van der Waals surface area (Å²) in [7, 11) is 0. The molecule has 100 valence electrons. The smallest absolute Gasteiger partial charge is 0.346 e. The van der Waals surface area contributed by atoms with E-state index in [0.717, 1.165) is 17.0 Å². The minimum absolute atomic E-state index is 0.383. The molecule has 0 fully saturated rings. The van der Waals surface area contributed by atoms with Gasteiger partial charge in [0, 0.05) is 18.3 Å². The highest BCUT2D eigenvalue weighted by Crippen LogP contribution is 2.21. The second-order valence-corrected chi connectivity index (χ2v) is 4.81. The second-order valence-electron chi connectivity index (χ2n) is 3.89. The van der Waals surface area contributed by atoms with Gasteiger partial charge in [-0.05, 0) is 36.1 Å². The third-order valence-corrected chi connectivity index (χ3v) is 3.51. The van der Waals surface area contributed by atoms with Gasteiger partial charge in [0.1, 0.15) is 10.6 Å². The molecule has 0 unspecified atom stereocenters. The van der Waals surface area contributed by atoms with Crippen molar-refractivity contribution in [3.63, 3.8) is 0 Å². The van der Waals surface area contributed by atoms with Crippen LogP contribution in [0.1, 0.15) is 22.2 Å². The van der Waals surface area contributed by atoms with Crippen molar-refractivity contribution in [1.82, 2.24) is 0 Å². The minimum Gasteiger partial charge on any atom is -0.494 e. The standard InChI is InChI=1S/C14H15NO3S/c1-2-18-12-5-3-4-11(8-12)15-9-10-6-7-19-13(10)14(16)17/h3-8,15H,2,9H2,1H3,(H,16,17). The third kappa shape index (κ3) is 3.48. The lowest BCUT2D eigenvalue weighted by Gasteiger charge is -2.08. The molecule has 0 radical (unpaired) electrons. The number of hydrogen-bond donors (Lipinski definition) is 2. The summed E-state index contributed by atoms with van der Waals surface area (Å²) in [6.07, 6.45) is 0. The number of hydrogen-bond acceptors (Lipinski definition) is 4. The maximum atomic E-state index is 11.0. The fourth-order valence-electron chi connectivity index (χ4n) is 1.72. The van der Waals surface area contributed by atoms with Crippen LogP contribution in [0.3, 0.4) is 0 Å². The molecule has 1 aromatic carbocycles. The first kappa shape index (κ1) is 13.4. The molecule has 0 saturated heterocycles. The van der Waals surface area contributed by atoms with Crippen molar-refractivity contribution in [1.29, 1.82) is 0 Å². The molecular weight excluding hydrogens is 262 g/mol. The van der Waals surface area contributed by atoms with E-state index in [1.807, 2.05) is 37.3 Å². The number of rotatable bonds is 6. The summed E-state index contributed by atoms with van der Waals surface area (Å²) < 4.78 is 5.41. The van der Waals surface area contributed by atoms with Crippen LogP contribution in [0.25, 0.3) is 0 Å². The number of nitrogens with one attached hydrogen (secondary N) is 1. The van der Waals surface area contributed by atoms with E-state index >= 15 is 0 Å². The molecule has 0 bridgehead atoms. The molecule has 0 spiro atoms. The Morgan fingerprint density at radius 2 is 2.26 bits per heavy atom. The van der Waals surface area contributed by atoms with Gasteiger partial charge in [-0.2, -0.15) is 0 Å². The maximum absolute atomic E-state index is 11.0. The summed E-state index contributed by atoms with van der Waals surface area (Å²) in [5.74, 6) is -0.0776. The lowest BCUT2D eigenvalue weighted by Crippen LogP contribution is -2.04. The first-order valence-electron chi connectivity index (χ1n) is 5.97. The number of thiophene rings is 1. The van der Waals surface area contributed by atoms with Crippen molar-refractivity contribution < 1.29 is 14.6 Å². The Labute approximate surface area is 115 Å². The van der Waals surface area contributed by atoms with Crippen molar-refractivity contribution in [2.24, 2.45) is 0 Å². The van der Waals surface area contributed by atoms with Crippen molar-refractivity contribution in [3.8, 4) is 5.75 Å². The van der Waals surface area contributed by atoms with Gasteiger partial charge in [0.15, 0.2) is 0 Å². The molecule has 0 atom stereocenters. The van der Waals surface area contributed by atoms with Crippen LogP contribution in [0.2, 0.25) is 0 Å². The van der Waals surface area contributed by atoms with Crippen molar-refractivity contribution in [3.05, 3.63) is 46.2 Å². The lowest BCUT2D eigenvalue weighted by atomic mass is 10.2. The Balaban J connectivity index is 2.04. The number of carbonyl (C=O) groups is 1. The third-order valence-electron chi connectivity index (χ3n) is 2.57. The van der Waals surface area contributed by atoms with Gasteiger partial charge < -0.3 is 15.2 Å². The minimum atomic E-state index is -0.880. The van der Waals surface area contributed by atoms with E-state index in [9.17, 15) is 4.79 Å². The van der Waals surface area contributed by atoms with E-state index in [4.69, 9.17) is 9.84 Å². The van der Waals surface area contributed by atoms with Gasteiger partial charge >= 0.3 is 5.97 Å². The first-order valence-corrected chi connectivity index (χ1v) is 6.85. The first-order chi connectivity index (χ1) is 9.20. The second kappa shape index (κ2) is 6.24. The Kier molecular flexibility index (Phi) is 4.41. The number of carboxylic acids is 1. The molecule has 4 nitrogen and oxygen atoms in total. The fourth-order valence-corrected chi connectivity index (χ4v) is 2.48. The topological polar surface area (TPSA) is 58.6 Å². The van der Waals surface area contributed by atoms with Gasteiger partial charge in [-0.1, -0.05) is 6.07 Å². The van der Waals surface area contributed by atoms with Crippen molar-refractivity contribution in [2.45, 2.75) is 13.5 Å². The molecule has 1 aromatic heterocycles. The average molecular weight is 277 g/mol. The van der Waals surface area contributed by atoms with Crippen LogP contribution in [0.5, 0.6) is 5.75 Å². The highest BCUT2D eigenvalue weighted by atomic mass is 32.1. The van der Waals surface area contributed by atoms with Gasteiger partial charge in [-0.3, -0.25) is 0 Å². The normalized spacial score (nSPS) is 10.2. The number of anilines is 1. The Morgan fingerprint density at radius 1 is 1.42 bits per heavy atom. The molecule has 0 saturated carbocycles. The molecule has 19 heavy (non-hydrogen) atoms. The van der Waals surface area contributed by atoms with Crippen LogP contribution in [-0.4, -0.2) is 17.7 Å². The molecule has 2 rings (SSSR count). The molecule has 5 heteroatoms. The molecule has 0 aliphatic rings. The quantitative estimate of drug-likeness (QED) is 0.849. The summed E-state index contributed by atoms with van der Waals surface area (Å²) in [4.78, 5) is 11.4. The fraction of sp³-hybridized carbons (Fsp3) is 0.214. The number of aromatic carboxylic acids is 1. The Morgan fingerprint density at radius 3 is 3.00 bits per heavy atom. The molecule has 1 heterocycles. The zero-order chi connectivity index (χ0) is 13.7. The molecule has 2 N–H and O–H groups in total. The summed E-state index contributed by atoms with van der Waals surface area (Å²) >= 11 is 1.24. The van der Waals surface area contributed by atoms with E-state index in [-0.39, 0.29) is 0 Å². The van der Waals surface area contributed by atoms with E-state index in [0.29, 0.717) is 18.0 Å². The van der Waals surface area contributed by atoms with Crippen molar-refractivity contribution >= 4 is 23.0 Å². The van der Waals surface area contributed by atoms with Gasteiger partial charge in [0.25, 0.3) is 0 Å². The summed E-state index contributed by atoms with van der Waals surface area (Å²) in [6.45, 7) is 3.04. The molecule has 0 aliphatic heterocycles. The van der Waals surface area contributed by atoms with E-state index in [2.05, 4.69) is 5.32 Å². The number of ether oxygens (including phenoxy) is 1. The SMILES string of the molecule is CCOc1cccc(NCc2ccsc2C(=O)O)c1. The van der Waals surface area contributed by atoms with Crippen LogP contribution in [-0.2, 0) is 6.54 Å². The maximum Gasteiger partial charge on any atom is 0.346 e. The van der Waals surface area contributed by atoms with Crippen molar-refractivity contribution in [2.75, 3.05) is 11.9 Å². The number of benzene rings is 1. The molecule has 2 aromatic rings. The van der Waals surface area contributed by atoms with Crippen LogP contribution in [0.15, 0.2) is 35.7 Å². The summed E-state index contributed by atoms with van der Waals surface area (Å²) in [5.41, 5.74) is 1.70. The van der Waals surface area contributed by atoms with E-state index < -0.39 is 5.97 Å². The Bertz CT molecular complexity index is 565. The number of carboxylic acid groups (broad SMARTS) is 1. The van der Waals surface area contributed by atoms with Crippen LogP contribution in [0, 0.1) is 0 Å². The van der Waals surface area contributed by atoms with E-state index in [1.165, 1.54) is 11.3 Å². The summed E-state index contributed by atoms with van der Waals surface area (Å²) in [5, 5.41) is 14.0. The van der Waals surface area contributed by atoms with Crippen LogP contribution < -0.4 is 10.1 Å². The van der Waals surface area contributed by atoms with Gasteiger partial charge in [-0.15, -0.1) is 11.3 Å². The molecular formula is C14H15NO3S. The predicted octanol–water partition coefficient (Wildman–Crippen LogP) is 3.46. The average Bonchev–Trinajstić information content (AvgIpc) is 2.86. The zero-order valence-corrected chi connectivity index (χ0v) is 11.4. The van der Waals surface area contributed by atoms with Crippen LogP contribution in [0.4, 0.5) is 5.69 Å². The molecule has 0 aliphatic carbocycles. The van der Waals surface area contributed by atoms with E-state index in [1.54, 1.807) is 5.38 Å². The highest BCUT2D eigenvalue weighted by Gasteiger charge is 2.10. The molecule has 0 amide bonds. The highest BCUT2D eigenvalue weighted by molar-refractivity contribution is 7.12. The largest absolute Gasteiger partial charge is 0.494 e.